The fourth-order valence-corrected chi connectivity index (χ4v) is 2.68. The summed E-state index contributed by atoms with van der Waals surface area (Å²) in [6.07, 6.45) is 0. The number of rotatable bonds is 4. The number of morpholine rings is 1. The van der Waals surface area contributed by atoms with Gasteiger partial charge in [0.1, 0.15) is 11.4 Å². The smallest absolute Gasteiger partial charge is 0.354 e. The van der Waals surface area contributed by atoms with E-state index in [2.05, 4.69) is 9.88 Å². The summed E-state index contributed by atoms with van der Waals surface area (Å²) < 4.78 is 15.9. The van der Waals surface area contributed by atoms with E-state index in [1.165, 1.54) is 0 Å². The van der Waals surface area contributed by atoms with Crippen molar-refractivity contribution in [3.8, 4) is 5.75 Å². The number of nitrogens with zero attached hydrogens (tertiary/aromatic N) is 1. The first-order chi connectivity index (χ1) is 10.7. The second-order valence-electron chi connectivity index (χ2n) is 5.11. The first-order valence-electron chi connectivity index (χ1n) is 7.43. The average Bonchev–Trinajstić information content (AvgIpc) is 2.97. The summed E-state index contributed by atoms with van der Waals surface area (Å²) in [5.41, 5.74) is 2.36. The highest BCUT2D eigenvalue weighted by molar-refractivity contribution is 5.96. The number of H-pyrrole nitrogens is 1. The molecule has 0 unspecified atom stereocenters. The molecule has 2 heterocycles. The Kier molecular flexibility index (Phi) is 4.20. The van der Waals surface area contributed by atoms with Gasteiger partial charge in [-0.3, -0.25) is 0 Å². The Labute approximate surface area is 128 Å². The summed E-state index contributed by atoms with van der Waals surface area (Å²) in [6.45, 7) is 5.22. The van der Waals surface area contributed by atoms with Gasteiger partial charge < -0.3 is 24.1 Å². The van der Waals surface area contributed by atoms with Gasteiger partial charge in [0.05, 0.1) is 32.6 Å². The van der Waals surface area contributed by atoms with Crippen molar-refractivity contribution in [1.82, 2.24) is 4.98 Å². The highest BCUT2D eigenvalue weighted by atomic mass is 16.5. The fourth-order valence-electron chi connectivity index (χ4n) is 2.68. The molecule has 0 spiro atoms. The number of hydrogen-bond donors (Lipinski definition) is 1. The molecule has 1 fully saturated rings. The van der Waals surface area contributed by atoms with Crippen molar-refractivity contribution in [2.75, 3.05) is 44.9 Å². The van der Waals surface area contributed by atoms with Crippen molar-refractivity contribution in [3.05, 3.63) is 23.9 Å². The second kappa shape index (κ2) is 6.27. The third-order valence-electron chi connectivity index (χ3n) is 3.77. The van der Waals surface area contributed by atoms with Crippen LogP contribution < -0.4 is 9.64 Å². The standard InChI is InChI=1S/C16H20N2O4/c1-3-22-16(19)13-8-11-9-15(20-2)14(10-12(11)17-13)18-4-6-21-7-5-18/h8-10,17H,3-7H2,1-2H3. The van der Waals surface area contributed by atoms with Crippen LogP contribution in [0.15, 0.2) is 18.2 Å². The number of esters is 1. The van der Waals surface area contributed by atoms with E-state index in [9.17, 15) is 4.79 Å². The van der Waals surface area contributed by atoms with Gasteiger partial charge in [-0.15, -0.1) is 0 Å². The third-order valence-corrected chi connectivity index (χ3v) is 3.77. The van der Waals surface area contributed by atoms with Gasteiger partial charge in [-0.05, 0) is 25.1 Å². The third kappa shape index (κ3) is 2.74. The molecule has 0 saturated carbocycles. The van der Waals surface area contributed by atoms with Crippen molar-refractivity contribution >= 4 is 22.6 Å². The number of benzene rings is 1. The maximum atomic E-state index is 11.8. The van der Waals surface area contributed by atoms with Crippen LogP contribution in [0.4, 0.5) is 5.69 Å². The maximum absolute atomic E-state index is 11.8. The molecular weight excluding hydrogens is 284 g/mol. The Morgan fingerprint density at radius 3 is 2.77 bits per heavy atom. The Morgan fingerprint density at radius 2 is 2.09 bits per heavy atom. The van der Waals surface area contributed by atoms with E-state index in [4.69, 9.17) is 14.2 Å². The van der Waals surface area contributed by atoms with Crippen LogP contribution in [0.5, 0.6) is 5.75 Å². The molecule has 6 heteroatoms. The zero-order valence-corrected chi connectivity index (χ0v) is 12.8. The first kappa shape index (κ1) is 14.7. The molecule has 2 aromatic rings. The van der Waals surface area contributed by atoms with Crippen LogP contribution in [-0.2, 0) is 9.47 Å². The highest BCUT2D eigenvalue weighted by Gasteiger charge is 2.18. The van der Waals surface area contributed by atoms with Gasteiger partial charge in [0, 0.05) is 24.0 Å². The lowest BCUT2D eigenvalue weighted by Crippen LogP contribution is -2.36. The normalized spacial score (nSPS) is 15.1. The zero-order chi connectivity index (χ0) is 15.5. The van der Waals surface area contributed by atoms with E-state index in [1.807, 2.05) is 12.1 Å². The summed E-state index contributed by atoms with van der Waals surface area (Å²) in [7, 11) is 1.66. The summed E-state index contributed by atoms with van der Waals surface area (Å²) >= 11 is 0. The quantitative estimate of drug-likeness (QED) is 0.877. The molecule has 1 aromatic carbocycles. The molecule has 1 N–H and O–H groups in total. The Balaban J connectivity index is 1.99. The maximum Gasteiger partial charge on any atom is 0.354 e. The van der Waals surface area contributed by atoms with Crippen molar-refractivity contribution in [3.63, 3.8) is 0 Å². The Hall–Kier alpha value is -2.21. The molecule has 0 radical (unpaired) electrons. The fraction of sp³-hybridized carbons (Fsp3) is 0.438. The van der Waals surface area contributed by atoms with Crippen LogP contribution in [-0.4, -0.2) is 51.0 Å². The number of anilines is 1. The molecule has 1 aliphatic heterocycles. The van der Waals surface area contributed by atoms with Gasteiger partial charge in [0.15, 0.2) is 0 Å². The van der Waals surface area contributed by atoms with E-state index in [0.29, 0.717) is 25.5 Å². The van der Waals surface area contributed by atoms with Crippen molar-refractivity contribution < 1.29 is 19.0 Å². The monoisotopic (exact) mass is 304 g/mol. The van der Waals surface area contributed by atoms with Crippen molar-refractivity contribution in [2.24, 2.45) is 0 Å². The molecule has 1 aromatic heterocycles. The summed E-state index contributed by atoms with van der Waals surface area (Å²) in [4.78, 5) is 17.2. The minimum atomic E-state index is -0.342. The van der Waals surface area contributed by atoms with Crippen LogP contribution in [0.2, 0.25) is 0 Å². The number of hydrogen-bond acceptors (Lipinski definition) is 5. The number of fused-ring (bicyclic) bond motifs is 1. The SMILES string of the molecule is CCOC(=O)c1cc2cc(OC)c(N3CCOCC3)cc2[nH]1. The zero-order valence-electron chi connectivity index (χ0n) is 12.8. The number of aromatic nitrogens is 1. The average molecular weight is 304 g/mol. The molecule has 1 aliphatic rings. The summed E-state index contributed by atoms with van der Waals surface area (Å²) in [5.74, 6) is 0.453. The van der Waals surface area contributed by atoms with E-state index in [-0.39, 0.29) is 5.97 Å². The molecule has 3 rings (SSSR count). The number of methoxy groups -OCH3 is 1. The lowest BCUT2D eigenvalue weighted by Gasteiger charge is -2.30. The van der Waals surface area contributed by atoms with Gasteiger partial charge in [0.2, 0.25) is 0 Å². The van der Waals surface area contributed by atoms with Crippen LogP contribution >= 0.6 is 0 Å². The minimum Gasteiger partial charge on any atom is -0.495 e. The number of ether oxygens (including phenoxy) is 3. The Bertz CT molecular complexity index is 674. The summed E-state index contributed by atoms with van der Waals surface area (Å²) in [5, 5.41) is 0.928. The molecule has 0 bridgehead atoms. The first-order valence-corrected chi connectivity index (χ1v) is 7.43. The molecule has 0 aliphatic carbocycles. The number of carbonyl (C=O) groups excluding carboxylic acids is 1. The highest BCUT2D eigenvalue weighted by Crippen LogP contribution is 2.34. The topological polar surface area (TPSA) is 63.8 Å². The Morgan fingerprint density at radius 1 is 1.32 bits per heavy atom. The van der Waals surface area contributed by atoms with Crippen LogP contribution in [0, 0.1) is 0 Å². The van der Waals surface area contributed by atoms with Gasteiger partial charge in [-0.2, -0.15) is 0 Å². The summed E-state index contributed by atoms with van der Waals surface area (Å²) in [6, 6.07) is 5.75. The van der Waals surface area contributed by atoms with E-state index >= 15 is 0 Å². The molecule has 118 valence electrons. The molecule has 0 atom stereocenters. The largest absolute Gasteiger partial charge is 0.495 e. The van der Waals surface area contributed by atoms with Gasteiger partial charge >= 0.3 is 5.97 Å². The van der Waals surface area contributed by atoms with E-state index in [0.717, 1.165) is 35.4 Å². The predicted octanol–water partition coefficient (Wildman–Crippen LogP) is 2.19. The van der Waals surface area contributed by atoms with Gasteiger partial charge in [0.25, 0.3) is 0 Å². The van der Waals surface area contributed by atoms with Crippen LogP contribution in [0.25, 0.3) is 10.9 Å². The predicted molar refractivity (Wildman–Crippen MR) is 83.8 cm³/mol. The number of nitrogens with one attached hydrogen (secondary N) is 1. The van der Waals surface area contributed by atoms with Crippen molar-refractivity contribution in [2.45, 2.75) is 6.92 Å². The van der Waals surface area contributed by atoms with Gasteiger partial charge in [-0.25, -0.2) is 4.79 Å². The minimum absolute atomic E-state index is 0.342. The van der Waals surface area contributed by atoms with Gasteiger partial charge in [-0.1, -0.05) is 0 Å². The molecule has 6 nitrogen and oxygen atoms in total. The number of carbonyl (C=O) groups is 1. The lowest BCUT2D eigenvalue weighted by molar-refractivity contribution is 0.0520. The number of aromatic amines is 1. The molecule has 22 heavy (non-hydrogen) atoms. The lowest BCUT2D eigenvalue weighted by atomic mass is 10.2. The van der Waals surface area contributed by atoms with Crippen LogP contribution in [0.3, 0.4) is 0 Å². The van der Waals surface area contributed by atoms with Crippen LogP contribution in [0.1, 0.15) is 17.4 Å². The molecule has 1 saturated heterocycles. The molecular formula is C16H20N2O4. The van der Waals surface area contributed by atoms with E-state index < -0.39 is 0 Å². The van der Waals surface area contributed by atoms with Crippen molar-refractivity contribution in [1.29, 1.82) is 0 Å². The molecule has 0 amide bonds. The van der Waals surface area contributed by atoms with E-state index in [1.54, 1.807) is 20.1 Å². The second-order valence-corrected chi connectivity index (χ2v) is 5.11.